The molecule has 0 unspecified atom stereocenters. The Morgan fingerprint density at radius 2 is 1.85 bits per heavy atom. The highest BCUT2D eigenvalue weighted by molar-refractivity contribution is 6.09. The number of nitriles is 1. The number of anilines is 2. The Morgan fingerprint density at radius 3 is 2.50 bits per heavy atom. The third-order valence-electron chi connectivity index (χ3n) is 4.57. The van der Waals surface area contributed by atoms with Crippen LogP contribution in [0.25, 0.3) is 6.08 Å². The molecule has 26 heavy (non-hydrogen) atoms. The van der Waals surface area contributed by atoms with Crippen molar-refractivity contribution in [2.45, 2.75) is 26.2 Å². The molecule has 132 valence electrons. The highest BCUT2D eigenvalue weighted by Gasteiger charge is 2.12. The molecule has 1 aliphatic heterocycles. The highest BCUT2D eigenvalue weighted by Crippen LogP contribution is 2.21. The van der Waals surface area contributed by atoms with Gasteiger partial charge in [0, 0.05) is 24.5 Å². The van der Waals surface area contributed by atoms with Gasteiger partial charge in [-0.15, -0.1) is 0 Å². The van der Waals surface area contributed by atoms with Gasteiger partial charge >= 0.3 is 0 Å². The average molecular weight is 345 g/mol. The normalized spacial score (nSPS) is 14.6. The number of nitrogens with one attached hydrogen (secondary N) is 1. The molecule has 0 saturated carbocycles. The first kappa shape index (κ1) is 17.8. The minimum atomic E-state index is -0.391. The van der Waals surface area contributed by atoms with E-state index in [1.807, 2.05) is 49.4 Å². The standard InChI is InChI=1S/C22H23N3O/c1-17-6-5-7-20(14-17)24-22(26)19(16-23)15-18-8-10-21(11-9-18)25-12-3-2-4-13-25/h5-11,14-15H,2-4,12-13H2,1H3,(H,24,26)/b19-15+. The number of carbonyl (C=O) groups is 1. The summed E-state index contributed by atoms with van der Waals surface area (Å²) in [5.74, 6) is -0.391. The molecule has 2 aromatic carbocycles. The number of aryl methyl sites for hydroxylation is 1. The number of carbonyl (C=O) groups excluding carboxylic acids is 1. The van der Waals surface area contributed by atoms with Crippen LogP contribution in [0.1, 0.15) is 30.4 Å². The van der Waals surface area contributed by atoms with Crippen molar-refractivity contribution in [2.24, 2.45) is 0 Å². The molecule has 0 aliphatic carbocycles. The van der Waals surface area contributed by atoms with E-state index in [1.54, 1.807) is 6.08 Å². The smallest absolute Gasteiger partial charge is 0.266 e. The first-order chi connectivity index (χ1) is 12.7. The van der Waals surface area contributed by atoms with Crippen molar-refractivity contribution in [1.82, 2.24) is 0 Å². The summed E-state index contributed by atoms with van der Waals surface area (Å²) in [4.78, 5) is 14.7. The number of hydrogen-bond acceptors (Lipinski definition) is 3. The number of piperidine rings is 1. The fraction of sp³-hybridized carbons (Fsp3) is 0.273. The van der Waals surface area contributed by atoms with Crippen molar-refractivity contribution in [1.29, 1.82) is 5.26 Å². The summed E-state index contributed by atoms with van der Waals surface area (Å²) >= 11 is 0. The van der Waals surface area contributed by atoms with Gasteiger partial charge in [-0.05, 0) is 67.7 Å². The highest BCUT2D eigenvalue weighted by atomic mass is 16.1. The predicted molar refractivity (Wildman–Crippen MR) is 106 cm³/mol. The van der Waals surface area contributed by atoms with Crippen LogP contribution in [-0.4, -0.2) is 19.0 Å². The van der Waals surface area contributed by atoms with E-state index in [-0.39, 0.29) is 5.57 Å². The zero-order valence-corrected chi connectivity index (χ0v) is 15.0. The van der Waals surface area contributed by atoms with Gasteiger partial charge in [0.15, 0.2) is 0 Å². The third-order valence-corrected chi connectivity index (χ3v) is 4.57. The molecule has 0 spiro atoms. The lowest BCUT2D eigenvalue weighted by Crippen LogP contribution is -2.29. The van der Waals surface area contributed by atoms with Crippen LogP contribution in [0.4, 0.5) is 11.4 Å². The van der Waals surface area contributed by atoms with Gasteiger partial charge in [0.05, 0.1) is 0 Å². The Bertz CT molecular complexity index is 840. The molecule has 2 aromatic rings. The van der Waals surface area contributed by atoms with E-state index in [0.29, 0.717) is 5.69 Å². The second-order valence-corrected chi connectivity index (χ2v) is 6.63. The van der Waals surface area contributed by atoms with E-state index in [2.05, 4.69) is 22.3 Å². The van der Waals surface area contributed by atoms with Crippen molar-refractivity contribution in [3.8, 4) is 6.07 Å². The van der Waals surface area contributed by atoms with Crippen molar-refractivity contribution in [3.63, 3.8) is 0 Å². The number of benzene rings is 2. The van der Waals surface area contributed by atoms with Crippen LogP contribution in [0.2, 0.25) is 0 Å². The van der Waals surface area contributed by atoms with Gasteiger partial charge in [-0.3, -0.25) is 4.79 Å². The quantitative estimate of drug-likeness (QED) is 0.654. The first-order valence-corrected chi connectivity index (χ1v) is 9.00. The van der Waals surface area contributed by atoms with Crippen molar-refractivity contribution in [2.75, 3.05) is 23.3 Å². The maximum absolute atomic E-state index is 12.4. The van der Waals surface area contributed by atoms with Gasteiger partial charge in [-0.2, -0.15) is 5.26 Å². The van der Waals surface area contributed by atoms with Crippen LogP contribution in [0.5, 0.6) is 0 Å². The third kappa shape index (κ3) is 4.52. The summed E-state index contributed by atoms with van der Waals surface area (Å²) in [6.45, 7) is 4.15. The number of hydrogen-bond donors (Lipinski definition) is 1. The Labute approximate surface area is 154 Å². The minimum Gasteiger partial charge on any atom is -0.372 e. The van der Waals surface area contributed by atoms with E-state index >= 15 is 0 Å². The second-order valence-electron chi connectivity index (χ2n) is 6.63. The molecule has 0 bridgehead atoms. The van der Waals surface area contributed by atoms with Crippen molar-refractivity contribution in [3.05, 3.63) is 65.2 Å². The van der Waals surface area contributed by atoms with Crippen LogP contribution < -0.4 is 10.2 Å². The van der Waals surface area contributed by atoms with Crippen molar-refractivity contribution >= 4 is 23.4 Å². The SMILES string of the molecule is Cc1cccc(NC(=O)/C(C#N)=C/c2ccc(N3CCCCC3)cc2)c1. The largest absolute Gasteiger partial charge is 0.372 e. The molecule has 1 aliphatic rings. The number of nitrogens with zero attached hydrogens (tertiary/aromatic N) is 2. The molecular weight excluding hydrogens is 322 g/mol. The molecule has 4 nitrogen and oxygen atoms in total. The van der Waals surface area contributed by atoms with Gasteiger partial charge in [0.2, 0.25) is 0 Å². The van der Waals surface area contributed by atoms with E-state index in [4.69, 9.17) is 0 Å². The Balaban J connectivity index is 1.71. The minimum absolute atomic E-state index is 0.0947. The molecule has 1 N–H and O–H groups in total. The van der Waals surface area contributed by atoms with Gasteiger partial charge in [-0.1, -0.05) is 24.3 Å². The zero-order valence-electron chi connectivity index (χ0n) is 15.0. The van der Waals surface area contributed by atoms with E-state index in [1.165, 1.54) is 24.9 Å². The van der Waals surface area contributed by atoms with E-state index in [9.17, 15) is 10.1 Å². The molecule has 0 aromatic heterocycles. The lowest BCUT2D eigenvalue weighted by atomic mass is 10.1. The van der Waals surface area contributed by atoms with Gasteiger partial charge < -0.3 is 10.2 Å². The molecule has 1 fully saturated rings. The van der Waals surface area contributed by atoms with Crippen LogP contribution in [-0.2, 0) is 4.79 Å². The van der Waals surface area contributed by atoms with E-state index < -0.39 is 5.91 Å². The summed E-state index contributed by atoms with van der Waals surface area (Å²) < 4.78 is 0. The molecule has 1 heterocycles. The number of rotatable bonds is 4. The maximum Gasteiger partial charge on any atom is 0.266 e. The molecule has 1 amide bonds. The van der Waals surface area contributed by atoms with Crippen LogP contribution >= 0.6 is 0 Å². The molecule has 1 saturated heterocycles. The van der Waals surface area contributed by atoms with Crippen molar-refractivity contribution < 1.29 is 4.79 Å². The number of amides is 1. The van der Waals surface area contributed by atoms with Gasteiger partial charge in [-0.25, -0.2) is 0 Å². The lowest BCUT2D eigenvalue weighted by molar-refractivity contribution is -0.112. The summed E-state index contributed by atoms with van der Waals surface area (Å²) in [6.07, 6.45) is 5.41. The van der Waals surface area contributed by atoms with Gasteiger partial charge in [0.25, 0.3) is 5.91 Å². The Hall–Kier alpha value is -3.06. The summed E-state index contributed by atoms with van der Waals surface area (Å²) in [7, 11) is 0. The molecule has 0 radical (unpaired) electrons. The fourth-order valence-corrected chi connectivity index (χ4v) is 3.17. The summed E-state index contributed by atoms with van der Waals surface area (Å²) in [5, 5.41) is 12.1. The maximum atomic E-state index is 12.4. The fourth-order valence-electron chi connectivity index (χ4n) is 3.17. The Kier molecular flexibility index (Phi) is 5.70. The Morgan fingerprint density at radius 1 is 1.12 bits per heavy atom. The molecule has 3 rings (SSSR count). The van der Waals surface area contributed by atoms with E-state index in [0.717, 1.165) is 24.2 Å². The molecular formula is C22H23N3O. The summed E-state index contributed by atoms with van der Waals surface area (Å²) in [5.41, 5.74) is 3.89. The zero-order chi connectivity index (χ0) is 18.4. The van der Waals surface area contributed by atoms with Crippen LogP contribution in [0, 0.1) is 18.3 Å². The summed E-state index contributed by atoms with van der Waals surface area (Å²) in [6, 6.07) is 17.6. The van der Waals surface area contributed by atoms with Crippen LogP contribution in [0.3, 0.4) is 0 Å². The molecule has 0 atom stereocenters. The monoisotopic (exact) mass is 345 g/mol. The predicted octanol–water partition coefficient (Wildman–Crippen LogP) is 4.53. The average Bonchev–Trinajstić information content (AvgIpc) is 2.67. The van der Waals surface area contributed by atoms with Crippen LogP contribution in [0.15, 0.2) is 54.1 Å². The second kappa shape index (κ2) is 8.35. The first-order valence-electron chi connectivity index (χ1n) is 9.00. The lowest BCUT2D eigenvalue weighted by Gasteiger charge is -2.28. The molecule has 4 heteroatoms. The topological polar surface area (TPSA) is 56.1 Å². The van der Waals surface area contributed by atoms with Gasteiger partial charge in [0.1, 0.15) is 11.6 Å².